The monoisotopic (exact) mass is 448 g/mol. The first-order valence-corrected chi connectivity index (χ1v) is 12.7. The molecule has 0 saturated carbocycles. The number of benzene rings is 2. The fourth-order valence-electron chi connectivity index (χ4n) is 3.24. The summed E-state index contributed by atoms with van der Waals surface area (Å²) in [6.45, 7) is 6.43. The fraction of sp³-hybridized carbons (Fsp3) is 0.409. The van der Waals surface area contributed by atoms with Gasteiger partial charge in [-0.05, 0) is 41.5 Å². The Bertz CT molecular complexity index is 983. The summed E-state index contributed by atoms with van der Waals surface area (Å²) >= 11 is 1.43. The van der Waals surface area contributed by atoms with Crippen LogP contribution in [0, 0.1) is 0 Å². The molecule has 6 nitrogen and oxygen atoms in total. The predicted molar refractivity (Wildman–Crippen MR) is 120 cm³/mol. The van der Waals surface area contributed by atoms with Crippen molar-refractivity contribution in [3.05, 3.63) is 59.2 Å². The Morgan fingerprint density at radius 3 is 2.40 bits per heavy atom. The van der Waals surface area contributed by atoms with Crippen molar-refractivity contribution in [1.82, 2.24) is 9.62 Å². The molecule has 0 unspecified atom stereocenters. The first-order valence-electron chi connectivity index (χ1n) is 9.95. The number of ether oxygens (including phenoxy) is 1. The lowest BCUT2D eigenvalue weighted by Gasteiger charge is -2.27. The molecule has 162 valence electrons. The molecule has 0 radical (unpaired) electrons. The van der Waals surface area contributed by atoms with Crippen molar-refractivity contribution in [1.29, 1.82) is 0 Å². The van der Waals surface area contributed by atoms with Crippen molar-refractivity contribution in [2.24, 2.45) is 0 Å². The van der Waals surface area contributed by atoms with Gasteiger partial charge in [-0.15, -0.1) is 11.8 Å². The Morgan fingerprint density at radius 1 is 1.13 bits per heavy atom. The highest BCUT2D eigenvalue weighted by Gasteiger charge is 2.24. The van der Waals surface area contributed by atoms with Gasteiger partial charge in [-0.25, -0.2) is 13.1 Å². The van der Waals surface area contributed by atoms with Crippen molar-refractivity contribution < 1.29 is 17.9 Å². The minimum absolute atomic E-state index is 0.0933. The summed E-state index contributed by atoms with van der Waals surface area (Å²) < 4.78 is 33.7. The van der Waals surface area contributed by atoms with E-state index in [0.29, 0.717) is 37.8 Å². The fourth-order valence-corrected chi connectivity index (χ4v) is 4.85. The molecule has 1 aliphatic heterocycles. The standard InChI is InChI=1S/C22H28N2O4S2/c1-16(2)18-6-4-17(5-7-18)15-23-30(26,27)19-8-9-21(29-3)20(14-19)22(25)24-10-12-28-13-11-24/h4-9,14,16,23H,10-13,15H2,1-3H3. The molecule has 3 rings (SSSR count). The third-order valence-corrected chi connectivity index (χ3v) is 7.32. The number of hydrogen-bond acceptors (Lipinski definition) is 5. The molecule has 2 aromatic rings. The lowest BCUT2D eigenvalue weighted by atomic mass is 10.0. The van der Waals surface area contributed by atoms with Gasteiger partial charge in [0.15, 0.2) is 0 Å². The lowest BCUT2D eigenvalue weighted by molar-refractivity contribution is 0.0300. The minimum Gasteiger partial charge on any atom is -0.378 e. The molecule has 30 heavy (non-hydrogen) atoms. The van der Waals surface area contributed by atoms with Gasteiger partial charge in [0.2, 0.25) is 10.0 Å². The molecule has 1 heterocycles. The predicted octanol–water partition coefficient (Wildman–Crippen LogP) is 3.48. The highest BCUT2D eigenvalue weighted by atomic mass is 32.2. The number of hydrogen-bond donors (Lipinski definition) is 1. The van der Waals surface area contributed by atoms with Crippen LogP contribution in [0.5, 0.6) is 0 Å². The molecular weight excluding hydrogens is 420 g/mol. The quantitative estimate of drug-likeness (QED) is 0.657. The molecule has 1 saturated heterocycles. The van der Waals surface area contributed by atoms with Crippen LogP contribution in [0.15, 0.2) is 52.3 Å². The van der Waals surface area contributed by atoms with Gasteiger partial charge >= 0.3 is 0 Å². The zero-order chi connectivity index (χ0) is 21.7. The molecule has 2 aromatic carbocycles. The Balaban J connectivity index is 1.78. The number of nitrogens with zero attached hydrogens (tertiary/aromatic N) is 1. The number of thioether (sulfide) groups is 1. The number of amides is 1. The molecule has 1 fully saturated rings. The van der Waals surface area contributed by atoms with E-state index < -0.39 is 10.0 Å². The maximum atomic E-state index is 13.0. The van der Waals surface area contributed by atoms with E-state index in [2.05, 4.69) is 18.6 Å². The van der Waals surface area contributed by atoms with Crippen LogP contribution in [-0.2, 0) is 21.3 Å². The summed E-state index contributed by atoms with van der Waals surface area (Å²) in [6.07, 6.45) is 1.87. The van der Waals surface area contributed by atoms with E-state index in [1.165, 1.54) is 23.4 Å². The van der Waals surface area contributed by atoms with Crippen molar-refractivity contribution in [2.45, 2.75) is 36.1 Å². The normalized spacial score (nSPS) is 14.9. The summed E-state index contributed by atoms with van der Waals surface area (Å²) in [5.74, 6) is 0.261. The molecule has 0 bridgehead atoms. The van der Waals surface area contributed by atoms with Crippen molar-refractivity contribution >= 4 is 27.7 Å². The summed E-state index contributed by atoms with van der Waals surface area (Å²) in [7, 11) is -3.75. The van der Waals surface area contributed by atoms with Crippen LogP contribution in [0.4, 0.5) is 0 Å². The zero-order valence-electron chi connectivity index (χ0n) is 17.6. The highest BCUT2D eigenvalue weighted by molar-refractivity contribution is 7.98. The van der Waals surface area contributed by atoms with Gasteiger partial charge in [0.25, 0.3) is 5.91 Å². The van der Waals surface area contributed by atoms with Gasteiger partial charge in [0, 0.05) is 24.5 Å². The molecule has 8 heteroatoms. The van der Waals surface area contributed by atoms with Crippen LogP contribution in [0.3, 0.4) is 0 Å². The van der Waals surface area contributed by atoms with Crippen LogP contribution in [0.2, 0.25) is 0 Å². The van der Waals surface area contributed by atoms with Gasteiger partial charge in [-0.1, -0.05) is 38.1 Å². The Kier molecular flexibility index (Phi) is 7.57. The first-order chi connectivity index (χ1) is 14.3. The van der Waals surface area contributed by atoms with E-state index in [0.717, 1.165) is 10.5 Å². The van der Waals surface area contributed by atoms with E-state index in [1.54, 1.807) is 17.0 Å². The number of morpholine rings is 1. The summed E-state index contributed by atoms with van der Waals surface area (Å²) in [4.78, 5) is 15.5. The van der Waals surface area contributed by atoms with E-state index in [9.17, 15) is 13.2 Å². The van der Waals surface area contributed by atoms with Gasteiger partial charge in [-0.2, -0.15) is 0 Å². The molecule has 1 aliphatic rings. The molecule has 0 aromatic heterocycles. The number of nitrogens with one attached hydrogen (secondary N) is 1. The minimum atomic E-state index is -3.75. The van der Waals surface area contributed by atoms with Gasteiger partial charge < -0.3 is 9.64 Å². The topological polar surface area (TPSA) is 75.7 Å². The molecule has 0 atom stereocenters. The van der Waals surface area contributed by atoms with E-state index >= 15 is 0 Å². The van der Waals surface area contributed by atoms with Crippen LogP contribution < -0.4 is 4.72 Å². The van der Waals surface area contributed by atoms with Crippen LogP contribution >= 0.6 is 11.8 Å². The molecule has 1 amide bonds. The smallest absolute Gasteiger partial charge is 0.255 e. The number of rotatable bonds is 7. The second-order valence-electron chi connectivity index (χ2n) is 7.49. The average molecular weight is 449 g/mol. The summed E-state index contributed by atoms with van der Waals surface area (Å²) in [5.41, 5.74) is 2.50. The Morgan fingerprint density at radius 2 is 1.80 bits per heavy atom. The zero-order valence-corrected chi connectivity index (χ0v) is 19.2. The third-order valence-electron chi connectivity index (χ3n) is 5.12. The Labute approximate surface area is 183 Å². The third kappa shape index (κ3) is 5.43. The van der Waals surface area contributed by atoms with Gasteiger partial charge in [-0.3, -0.25) is 4.79 Å². The van der Waals surface area contributed by atoms with E-state index in [1.807, 2.05) is 30.5 Å². The maximum absolute atomic E-state index is 13.0. The van der Waals surface area contributed by atoms with Crippen molar-refractivity contribution in [3.63, 3.8) is 0 Å². The van der Waals surface area contributed by atoms with E-state index in [-0.39, 0.29) is 17.3 Å². The maximum Gasteiger partial charge on any atom is 0.255 e. The van der Waals surface area contributed by atoms with Crippen LogP contribution in [-0.4, -0.2) is 51.8 Å². The average Bonchev–Trinajstić information content (AvgIpc) is 2.77. The summed E-state index contributed by atoms with van der Waals surface area (Å²) in [5, 5.41) is 0. The van der Waals surface area contributed by atoms with Gasteiger partial charge in [0.05, 0.1) is 23.7 Å². The SMILES string of the molecule is CSc1ccc(S(=O)(=O)NCc2ccc(C(C)C)cc2)cc1C(=O)N1CCOCC1. The second-order valence-corrected chi connectivity index (χ2v) is 10.1. The molecular formula is C22H28N2O4S2. The highest BCUT2D eigenvalue weighted by Crippen LogP contribution is 2.25. The number of carbonyl (C=O) groups excluding carboxylic acids is 1. The lowest BCUT2D eigenvalue weighted by Crippen LogP contribution is -2.41. The first kappa shape index (κ1) is 22.8. The van der Waals surface area contributed by atoms with Crippen molar-refractivity contribution in [3.8, 4) is 0 Å². The van der Waals surface area contributed by atoms with Crippen LogP contribution in [0.1, 0.15) is 41.3 Å². The molecule has 0 aliphatic carbocycles. The number of carbonyl (C=O) groups is 1. The number of sulfonamides is 1. The van der Waals surface area contributed by atoms with E-state index in [4.69, 9.17) is 4.74 Å². The molecule has 0 spiro atoms. The second kappa shape index (κ2) is 9.96. The van der Waals surface area contributed by atoms with Crippen molar-refractivity contribution in [2.75, 3.05) is 32.6 Å². The van der Waals surface area contributed by atoms with Gasteiger partial charge in [0.1, 0.15) is 0 Å². The molecule has 1 N–H and O–H groups in total. The summed E-state index contributed by atoms with van der Waals surface area (Å²) in [6, 6.07) is 12.6. The Hall–Kier alpha value is -1.87. The van der Waals surface area contributed by atoms with Crippen LogP contribution in [0.25, 0.3) is 0 Å². The largest absolute Gasteiger partial charge is 0.378 e.